The van der Waals surface area contributed by atoms with Crippen LogP contribution in [0.5, 0.6) is 11.5 Å². The first kappa shape index (κ1) is 21.8. The van der Waals surface area contributed by atoms with Crippen LogP contribution in [0.1, 0.15) is 54.6 Å². The second-order valence-corrected chi connectivity index (χ2v) is 9.41. The Kier molecular flexibility index (Phi) is 5.98. The largest absolute Gasteiger partial charge is 0.497 e. The van der Waals surface area contributed by atoms with Gasteiger partial charge < -0.3 is 25.5 Å². The molecular formula is C26H32N4O3. The van der Waals surface area contributed by atoms with Gasteiger partial charge in [-0.05, 0) is 69.6 Å². The van der Waals surface area contributed by atoms with Crippen LogP contribution in [0.4, 0.5) is 0 Å². The molecule has 174 valence electrons. The maximum absolute atomic E-state index is 13.2. The Hall–Kier alpha value is -3.06. The number of benzene rings is 1. The number of methoxy groups -OCH3 is 1. The fourth-order valence-corrected chi connectivity index (χ4v) is 4.69. The number of aromatic amines is 1. The van der Waals surface area contributed by atoms with Crippen LogP contribution in [0.3, 0.4) is 0 Å². The number of hydrogen-bond donors (Lipinski definition) is 3. The van der Waals surface area contributed by atoms with Gasteiger partial charge >= 0.3 is 0 Å². The molecule has 4 N–H and O–H groups in total. The van der Waals surface area contributed by atoms with Crippen molar-refractivity contribution < 1.29 is 14.3 Å². The number of aromatic nitrogens is 2. The van der Waals surface area contributed by atoms with Crippen LogP contribution in [0.25, 0.3) is 22.2 Å². The van der Waals surface area contributed by atoms with Crippen LogP contribution in [0, 0.1) is 12.8 Å². The van der Waals surface area contributed by atoms with Crippen molar-refractivity contribution in [2.75, 3.05) is 13.7 Å². The number of carbonyl (C=O) groups is 1. The molecule has 7 nitrogen and oxygen atoms in total. The van der Waals surface area contributed by atoms with E-state index in [1.165, 1.54) is 12.8 Å². The highest BCUT2D eigenvalue weighted by Gasteiger charge is 2.26. The fraction of sp³-hybridized carbons (Fsp3) is 0.462. The Morgan fingerprint density at radius 2 is 1.94 bits per heavy atom. The highest BCUT2D eigenvalue weighted by Crippen LogP contribution is 2.39. The third kappa shape index (κ3) is 4.55. The highest BCUT2D eigenvalue weighted by molar-refractivity contribution is 6.09. The summed E-state index contributed by atoms with van der Waals surface area (Å²) < 4.78 is 11.6. The Balaban J connectivity index is 1.49. The van der Waals surface area contributed by atoms with Gasteiger partial charge in [-0.2, -0.15) is 0 Å². The minimum atomic E-state index is -0.0798. The molecular weight excluding hydrogens is 416 g/mol. The van der Waals surface area contributed by atoms with Crippen molar-refractivity contribution in [3.05, 3.63) is 41.7 Å². The molecule has 0 radical (unpaired) electrons. The SMILES string of the molecule is COc1ccc(-c2ccnc3c(C(=O)NC4CCC(N)CC4)c(C)[nH]c23)c(OCC2CC2)c1. The molecule has 2 fully saturated rings. The van der Waals surface area contributed by atoms with Crippen molar-refractivity contribution in [1.82, 2.24) is 15.3 Å². The van der Waals surface area contributed by atoms with E-state index in [0.717, 1.165) is 59.5 Å². The molecule has 33 heavy (non-hydrogen) atoms. The lowest BCUT2D eigenvalue weighted by atomic mass is 9.91. The number of H-pyrrole nitrogens is 1. The summed E-state index contributed by atoms with van der Waals surface area (Å²) in [6.45, 7) is 2.63. The predicted molar refractivity (Wildman–Crippen MR) is 129 cm³/mol. The molecule has 2 aromatic heterocycles. The average molecular weight is 449 g/mol. The zero-order valence-corrected chi connectivity index (χ0v) is 19.3. The van der Waals surface area contributed by atoms with Gasteiger partial charge in [-0.15, -0.1) is 0 Å². The summed E-state index contributed by atoms with van der Waals surface area (Å²) in [7, 11) is 1.66. The number of carbonyl (C=O) groups excluding carboxylic acids is 1. The van der Waals surface area contributed by atoms with E-state index in [1.807, 2.05) is 31.2 Å². The molecule has 2 heterocycles. The van der Waals surface area contributed by atoms with Crippen LogP contribution < -0.4 is 20.5 Å². The van der Waals surface area contributed by atoms with Gasteiger partial charge in [0.1, 0.15) is 17.0 Å². The first-order chi connectivity index (χ1) is 16.0. The Morgan fingerprint density at radius 1 is 1.15 bits per heavy atom. The first-order valence-corrected chi connectivity index (χ1v) is 11.9. The summed E-state index contributed by atoms with van der Waals surface area (Å²) in [5.41, 5.74) is 10.9. The number of rotatable bonds is 7. The van der Waals surface area contributed by atoms with E-state index in [2.05, 4.69) is 15.3 Å². The summed E-state index contributed by atoms with van der Waals surface area (Å²) in [4.78, 5) is 21.2. The van der Waals surface area contributed by atoms with Gasteiger partial charge in [0.15, 0.2) is 0 Å². The summed E-state index contributed by atoms with van der Waals surface area (Å²) >= 11 is 0. The van der Waals surface area contributed by atoms with Crippen LogP contribution in [0.2, 0.25) is 0 Å². The second-order valence-electron chi connectivity index (χ2n) is 9.41. The van der Waals surface area contributed by atoms with E-state index in [4.69, 9.17) is 15.2 Å². The van der Waals surface area contributed by atoms with Crippen molar-refractivity contribution in [3.8, 4) is 22.6 Å². The van der Waals surface area contributed by atoms with E-state index in [1.54, 1.807) is 13.3 Å². The lowest BCUT2D eigenvalue weighted by Gasteiger charge is -2.26. The number of aryl methyl sites for hydroxylation is 1. The number of pyridine rings is 1. The normalized spacial score (nSPS) is 20.6. The van der Waals surface area contributed by atoms with Crippen molar-refractivity contribution >= 4 is 16.9 Å². The van der Waals surface area contributed by atoms with E-state index >= 15 is 0 Å². The van der Waals surface area contributed by atoms with Gasteiger partial charge in [-0.3, -0.25) is 9.78 Å². The molecule has 2 aliphatic rings. The maximum Gasteiger partial charge on any atom is 0.255 e. The standard InChI is InChI=1S/C26H32N4O3/c1-15-23(26(31)30-18-7-5-17(27)6-8-18)25-24(29-15)21(11-12-28-25)20-10-9-19(32-2)13-22(20)33-14-16-3-4-16/h9-13,16-18,29H,3-8,14,27H2,1-2H3,(H,30,31). The lowest BCUT2D eigenvalue weighted by Crippen LogP contribution is -2.40. The molecule has 1 aromatic carbocycles. The summed E-state index contributed by atoms with van der Waals surface area (Å²) in [6, 6.07) is 8.25. The van der Waals surface area contributed by atoms with Gasteiger partial charge in [-0.25, -0.2) is 0 Å². The number of nitrogens with zero attached hydrogens (tertiary/aromatic N) is 1. The van der Waals surface area contributed by atoms with Gasteiger partial charge in [0.25, 0.3) is 5.91 Å². The third-order valence-corrected chi connectivity index (χ3v) is 6.86. The summed E-state index contributed by atoms with van der Waals surface area (Å²) in [5.74, 6) is 2.10. The quantitative estimate of drug-likeness (QED) is 0.499. The number of nitrogens with two attached hydrogens (primary N) is 1. The van der Waals surface area contributed by atoms with Gasteiger partial charge in [0.2, 0.25) is 0 Å². The van der Waals surface area contributed by atoms with Crippen LogP contribution >= 0.6 is 0 Å². The lowest BCUT2D eigenvalue weighted by molar-refractivity contribution is 0.0927. The Labute approximate surface area is 194 Å². The molecule has 2 aliphatic carbocycles. The molecule has 0 spiro atoms. The summed E-state index contributed by atoms with van der Waals surface area (Å²) in [6.07, 6.45) is 7.93. The van der Waals surface area contributed by atoms with Crippen molar-refractivity contribution in [3.63, 3.8) is 0 Å². The van der Waals surface area contributed by atoms with Crippen LogP contribution in [-0.4, -0.2) is 41.7 Å². The maximum atomic E-state index is 13.2. The van der Waals surface area contributed by atoms with Crippen molar-refractivity contribution in [2.45, 2.75) is 57.5 Å². The summed E-state index contributed by atoms with van der Waals surface area (Å²) in [5, 5.41) is 3.20. The van der Waals surface area contributed by atoms with Gasteiger partial charge in [0, 0.05) is 41.2 Å². The van der Waals surface area contributed by atoms with E-state index < -0.39 is 0 Å². The fourth-order valence-electron chi connectivity index (χ4n) is 4.69. The minimum absolute atomic E-state index is 0.0798. The first-order valence-electron chi connectivity index (χ1n) is 11.9. The smallest absolute Gasteiger partial charge is 0.255 e. The highest BCUT2D eigenvalue weighted by atomic mass is 16.5. The molecule has 0 aliphatic heterocycles. The average Bonchev–Trinajstić information content (AvgIpc) is 3.58. The van der Waals surface area contributed by atoms with Gasteiger partial charge in [0.05, 0.1) is 24.8 Å². The minimum Gasteiger partial charge on any atom is -0.497 e. The molecule has 2 saturated carbocycles. The molecule has 5 rings (SSSR count). The number of amides is 1. The molecule has 7 heteroatoms. The van der Waals surface area contributed by atoms with Crippen molar-refractivity contribution in [1.29, 1.82) is 0 Å². The number of nitrogens with one attached hydrogen (secondary N) is 2. The number of ether oxygens (including phenoxy) is 2. The topological polar surface area (TPSA) is 102 Å². The number of fused-ring (bicyclic) bond motifs is 1. The molecule has 1 amide bonds. The van der Waals surface area contributed by atoms with Crippen molar-refractivity contribution in [2.24, 2.45) is 11.7 Å². The molecule has 0 bridgehead atoms. The molecule has 3 aromatic rings. The molecule has 0 saturated heterocycles. The van der Waals surface area contributed by atoms with E-state index in [-0.39, 0.29) is 18.0 Å². The Morgan fingerprint density at radius 3 is 2.67 bits per heavy atom. The van der Waals surface area contributed by atoms with Gasteiger partial charge in [-0.1, -0.05) is 0 Å². The molecule has 0 unspecified atom stereocenters. The monoisotopic (exact) mass is 448 g/mol. The van der Waals surface area contributed by atoms with Crippen LogP contribution in [-0.2, 0) is 0 Å². The van der Waals surface area contributed by atoms with Crippen LogP contribution in [0.15, 0.2) is 30.5 Å². The Bertz CT molecular complexity index is 1160. The molecule has 0 atom stereocenters. The third-order valence-electron chi connectivity index (χ3n) is 6.86. The zero-order valence-electron chi connectivity index (χ0n) is 19.3. The number of hydrogen-bond acceptors (Lipinski definition) is 5. The van der Waals surface area contributed by atoms with E-state index in [0.29, 0.717) is 23.6 Å². The second kappa shape index (κ2) is 9.06. The van der Waals surface area contributed by atoms with E-state index in [9.17, 15) is 4.79 Å². The predicted octanol–water partition coefficient (Wildman–Crippen LogP) is 4.34. The zero-order chi connectivity index (χ0) is 22.9.